The molecule has 3 rings (SSSR count). The summed E-state index contributed by atoms with van der Waals surface area (Å²) < 4.78 is 2.60. The molecule has 0 aliphatic heterocycles. The number of hydrogen-bond acceptors (Lipinski definition) is 5. The maximum atomic E-state index is 12.4. The van der Waals surface area contributed by atoms with E-state index in [9.17, 15) is 9.59 Å². The highest BCUT2D eigenvalue weighted by Gasteiger charge is 2.15. The van der Waals surface area contributed by atoms with Crippen LogP contribution in [0.5, 0.6) is 0 Å². The van der Waals surface area contributed by atoms with Crippen molar-refractivity contribution in [3.63, 3.8) is 0 Å². The van der Waals surface area contributed by atoms with Crippen LogP contribution in [0.1, 0.15) is 31.0 Å². The number of hydrogen-bond donors (Lipinski definition) is 1. The number of unbranched alkanes of at least 4 members (excludes halogenated alkanes) is 1. The SMILES string of the molecule is CCCCc1ccc(NC(=O)Cn2nnc3c(C)n(C)nc3c2=O)cc1. The Bertz CT molecular complexity index is 987. The molecule has 0 fully saturated rings. The largest absolute Gasteiger partial charge is 0.324 e. The van der Waals surface area contributed by atoms with Crippen LogP contribution in [0.25, 0.3) is 11.0 Å². The van der Waals surface area contributed by atoms with Gasteiger partial charge in [-0.1, -0.05) is 30.7 Å². The van der Waals surface area contributed by atoms with E-state index in [2.05, 4.69) is 27.7 Å². The molecule has 0 aliphatic carbocycles. The zero-order chi connectivity index (χ0) is 18.7. The quantitative estimate of drug-likeness (QED) is 0.728. The van der Waals surface area contributed by atoms with Crippen LogP contribution in [0.3, 0.4) is 0 Å². The third-order valence-corrected chi connectivity index (χ3v) is 4.34. The van der Waals surface area contributed by atoms with Crippen molar-refractivity contribution in [2.75, 3.05) is 5.32 Å². The molecular formula is C18H22N6O2. The fraction of sp³-hybridized carbons (Fsp3) is 0.389. The monoisotopic (exact) mass is 354 g/mol. The molecule has 0 aliphatic rings. The Kier molecular flexibility index (Phi) is 5.11. The number of amides is 1. The molecule has 2 heterocycles. The van der Waals surface area contributed by atoms with E-state index in [0.717, 1.165) is 29.6 Å². The van der Waals surface area contributed by atoms with Crippen molar-refractivity contribution in [1.29, 1.82) is 0 Å². The van der Waals surface area contributed by atoms with Gasteiger partial charge in [0.1, 0.15) is 12.1 Å². The zero-order valence-corrected chi connectivity index (χ0v) is 15.2. The maximum Gasteiger partial charge on any atom is 0.298 e. The Labute approximate surface area is 150 Å². The van der Waals surface area contributed by atoms with E-state index in [0.29, 0.717) is 11.2 Å². The van der Waals surface area contributed by atoms with E-state index >= 15 is 0 Å². The topological polar surface area (TPSA) is 94.7 Å². The van der Waals surface area contributed by atoms with Crippen LogP contribution in [0, 0.1) is 6.92 Å². The first-order chi connectivity index (χ1) is 12.5. The summed E-state index contributed by atoms with van der Waals surface area (Å²) in [6.07, 6.45) is 3.32. The number of aryl methyl sites for hydroxylation is 3. The van der Waals surface area contributed by atoms with Crippen LogP contribution in [-0.2, 0) is 24.8 Å². The van der Waals surface area contributed by atoms with Crippen molar-refractivity contribution < 1.29 is 4.79 Å². The van der Waals surface area contributed by atoms with Gasteiger partial charge in [0, 0.05) is 12.7 Å². The molecule has 0 atom stereocenters. The minimum Gasteiger partial charge on any atom is -0.324 e. The van der Waals surface area contributed by atoms with Gasteiger partial charge in [0.15, 0.2) is 5.52 Å². The van der Waals surface area contributed by atoms with Crippen molar-refractivity contribution in [1.82, 2.24) is 24.8 Å². The van der Waals surface area contributed by atoms with E-state index < -0.39 is 5.56 Å². The number of rotatable bonds is 6. The second-order valence-electron chi connectivity index (χ2n) is 6.31. The second-order valence-corrected chi connectivity index (χ2v) is 6.31. The molecule has 0 radical (unpaired) electrons. The number of nitrogens with one attached hydrogen (secondary N) is 1. The van der Waals surface area contributed by atoms with Crippen molar-refractivity contribution >= 4 is 22.6 Å². The van der Waals surface area contributed by atoms with E-state index in [4.69, 9.17) is 0 Å². The highest BCUT2D eigenvalue weighted by atomic mass is 16.2. The Morgan fingerprint density at radius 1 is 1.19 bits per heavy atom. The number of benzene rings is 1. The van der Waals surface area contributed by atoms with E-state index in [1.54, 1.807) is 11.7 Å². The summed E-state index contributed by atoms with van der Waals surface area (Å²) in [6.45, 7) is 3.75. The molecule has 3 aromatic rings. The van der Waals surface area contributed by atoms with Crippen LogP contribution in [0.2, 0.25) is 0 Å². The lowest BCUT2D eigenvalue weighted by atomic mass is 10.1. The fourth-order valence-corrected chi connectivity index (χ4v) is 2.70. The number of fused-ring (bicyclic) bond motifs is 1. The van der Waals surface area contributed by atoms with Crippen LogP contribution in [-0.4, -0.2) is 30.7 Å². The normalized spacial score (nSPS) is 11.0. The molecule has 136 valence electrons. The lowest BCUT2D eigenvalue weighted by molar-refractivity contribution is -0.117. The zero-order valence-electron chi connectivity index (χ0n) is 15.2. The third-order valence-electron chi connectivity index (χ3n) is 4.34. The van der Waals surface area contributed by atoms with Crippen LogP contribution in [0.15, 0.2) is 29.1 Å². The van der Waals surface area contributed by atoms with E-state index in [-0.39, 0.29) is 18.0 Å². The van der Waals surface area contributed by atoms with Gasteiger partial charge in [0.25, 0.3) is 5.56 Å². The maximum absolute atomic E-state index is 12.4. The van der Waals surface area contributed by atoms with Crippen molar-refractivity contribution in [3.8, 4) is 0 Å². The summed E-state index contributed by atoms with van der Waals surface area (Å²) in [7, 11) is 1.73. The Morgan fingerprint density at radius 2 is 1.92 bits per heavy atom. The Hall–Kier alpha value is -3.03. The fourth-order valence-electron chi connectivity index (χ4n) is 2.70. The first kappa shape index (κ1) is 17.8. The predicted octanol–water partition coefficient (Wildman–Crippen LogP) is 1.81. The van der Waals surface area contributed by atoms with Gasteiger partial charge in [-0.05, 0) is 37.5 Å². The van der Waals surface area contributed by atoms with Crippen molar-refractivity contribution in [2.24, 2.45) is 7.05 Å². The minimum absolute atomic E-state index is 0.213. The molecule has 8 heteroatoms. The molecule has 0 spiro atoms. The van der Waals surface area contributed by atoms with Crippen LogP contribution >= 0.6 is 0 Å². The van der Waals surface area contributed by atoms with Gasteiger partial charge in [-0.25, -0.2) is 0 Å². The van der Waals surface area contributed by atoms with Gasteiger partial charge in [-0.15, -0.1) is 5.10 Å². The lowest BCUT2D eigenvalue weighted by Gasteiger charge is -2.07. The van der Waals surface area contributed by atoms with Crippen molar-refractivity contribution in [2.45, 2.75) is 39.7 Å². The van der Waals surface area contributed by atoms with Gasteiger partial charge in [0.05, 0.1) is 5.69 Å². The number of nitrogens with zero attached hydrogens (tertiary/aromatic N) is 5. The summed E-state index contributed by atoms with van der Waals surface area (Å²) in [5.74, 6) is -0.338. The lowest BCUT2D eigenvalue weighted by Crippen LogP contribution is -2.30. The van der Waals surface area contributed by atoms with Crippen LogP contribution in [0.4, 0.5) is 5.69 Å². The van der Waals surface area contributed by atoms with E-state index in [1.165, 1.54) is 5.56 Å². The average Bonchev–Trinajstić information content (AvgIpc) is 2.92. The molecule has 0 bridgehead atoms. The molecule has 0 saturated heterocycles. The molecular weight excluding hydrogens is 332 g/mol. The number of aromatic nitrogens is 5. The van der Waals surface area contributed by atoms with Gasteiger partial charge in [0.2, 0.25) is 5.91 Å². The molecule has 0 saturated carbocycles. The highest BCUT2D eigenvalue weighted by molar-refractivity contribution is 5.90. The summed E-state index contributed by atoms with van der Waals surface area (Å²) in [6, 6.07) is 7.73. The van der Waals surface area contributed by atoms with Gasteiger partial charge < -0.3 is 5.32 Å². The molecule has 1 amide bonds. The summed E-state index contributed by atoms with van der Waals surface area (Å²) >= 11 is 0. The molecule has 2 aromatic heterocycles. The smallest absolute Gasteiger partial charge is 0.298 e. The predicted molar refractivity (Wildman–Crippen MR) is 99.0 cm³/mol. The molecule has 1 aromatic carbocycles. The molecule has 26 heavy (non-hydrogen) atoms. The number of anilines is 1. The first-order valence-corrected chi connectivity index (χ1v) is 8.65. The summed E-state index contributed by atoms with van der Waals surface area (Å²) in [4.78, 5) is 24.7. The van der Waals surface area contributed by atoms with Crippen LogP contribution < -0.4 is 10.9 Å². The summed E-state index contributed by atoms with van der Waals surface area (Å²) in [5.41, 5.74) is 2.92. The number of carbonyl (C=O) groups excluding carboxylic acids is 1. The number of carbonyl (C=O) groups is 1. The third kappa shape index (κ3) is 3.63. The Morgan fingerprint density at radius 3 is 2.62 bits per heavy atom. The van der Waals surface area contributed by atoms with Crippen molar-refractivity contribution in [3.05, 3.63) is 45.9 Å². The molecule has 0 unspecified atom stereocenters. The Balaban J connectivity index is 1.71. The average molecular weight is 354 g/mol. The standard InChI is InChI=1S/C18H22N6O2/c1-4-5-6-13-7-9-14(10-8-13)19-15(25)11-24-18(26)17-16(20-22-24)12(2)23(3)21-17/h7-10H,4-6,11H2,1-3H3,(H,19,25). The highest BCUT2D eigenvalue weighted by Crippen LogP contribution is 2.12. The second kappa shape index (κ2) is 7.47. The molecule has 1 N–H and O–H groups in total. The van der Waals surface area contributed by atoms with Gasteiger partial charge >= 0.3 is 0 Å². The minimum atomic E-state index is -0.427. The summed E-state index contributed by atoms with van der Waals surface area (Å²) in [5, 5.41) is 14.8. The van der Waals surface area contributed by atoms with E-state index in [1.807, 2.05) is 31.2 Å². The molecule has 8 nitrogen and oxygen atoms in total. The van der Waals surface area contributed by atoms with Gasteiger partial charge in [-0.3, -0.25) is 14.3 Å². The first-order valence-electron chi connectivity index (χ1n) is 8.65. The van der Waals surface area contributed by atoms with Gasteiger partial charge in [-0.2, -0.15) is 9.78 Å².